The van der Waals surface area contributed by atoms with Gasteiger partial charge in [0.15, 0.2) is 0 Å². The molecule has 2 amide bonds. The van der Waals surface area contributed by atoms with E-state index in [1.54, 1.807) is 30.6 Å². The van der Waals surface area contributed by atoms with Crippen LogP contribution in [-0.4, -0.2) is 35.6 Å². The molecule has 0 bridgehead atoms. The normalized spacial score (nSPS) is 11.7. The van der Waals surface area contributed by atoms with Crippen molar-refractivity contribution < 1.29 is 9.59 Å². The van der Waals surface area contributed by atoms with Crippen molar-refractivity contribution in [3.63, 3.8) is 0 Å². The molecule has 0 aromatic heterocycles. The molecule has 4 nitrogen and oxygen atoms in total. The van der Waals surface area contributed by atoms with Crippen molar-refractivity contribution in [3.8, 4) is 0 Å². The summed E-state index contributed by atoms with van der Waals surface area (Å²) in [5.41, 5.74) is 0.981. The van der Waals surface area contributed by atoms with Crippen LogP contribution in [0.3, 0.4) is 0 Å². The summed E-state index contributed by atoms with van der Waals surface area (Å²) in [6, 6.07) is 14.9. The maximum absolute atomic E-state index is 12.9. The Morgan fingerprint density at radius 3 is 2.57 bits per heavy atom. The molecule has 0 heterocycles. The van der Waals surface area contributed by atoms with Crippen LogP contribution in [0, 0.1) is 0 Å². The maximum Gasteiger partial charge on any atom is 0.242 e. The third-order valence-corrected chi connectivity index (χ3v) is 6.12. The lowest BCUT2D eigenvalue weighted by molar-refractivity contribution is -0.140. The van der Waals surface area contributed by atoms with Crippen LogP contribution in [0.1, 0.15) is 25.3 Å². The van der Waals surface area contributed by atoms with Gasteiger partial charge >= 0.3 is 0 Å². The molecule has 0 fully saturated rings. The first-order valence-electron chi connectivity index (χ1n) is 9.04. The molecule has 150 valence electrons. The summed E-state index contributed by atoms with van der Waals surface area (Å²) in [5, 5.41) is 3.35. The minimum absolute atomic E-state index is 0.0206. The van der Waals surface area contributed by atoms with Gasteiger partial charge in [0, 0.05) is 34.4 Å². The van der Waals surface area contributed by atoms with Gasteiger partial charge in [0.2, 0.25) is 11.8 Å². The Kier molecular flexibility index (Phi) is 9.35. The molecule has 2 aromatic carbocycles. The Balaban J connectivity index is 1.95. The fourth-order valence-corrected chi connectivity index (χ4v) is 4.14. The van der Waals surface area contributed by atoms with E-state index in [0.29, 0.717) is 18.0 Å². The Hall–Kier alpha value is -1.50. The summed E-state index contributed by atoms with van der Waals surface area (Å²) in [4.78, 5) is 27.8. The van der Waals surface area contributed by atoms with E-state index >= 15 is 0 Å². The van der Waals surface area contributed by atoms with Crippen LogP contribution in [0.2, 0.25) is 5.02 Å². The van der Waals surface area contributed by atoms with Gasteiger partial charge in [-0.25, -0.2) is 0 Å². The third kappa shape index (κ3) is 7.15. The van der Waals surface area contributed by atoms with Crippen LogP contribution < -0.4 is 5.32 Å². The molecule has 0 spiro atoms. The van der Waals surface area contributed by atoms with Gasteiger partial charge in [-0.1, -0.05) is 39.7 Å². The average Bonchev–Trinajstić information content (AvgIpc) is 2.69. The lowest BCUT2D eigenvalue weighted by Gasteiger charge is -2.28. The molecular weight excluding hydrogens is 460 g/mol. The number of carbonyl (C=O) groups is 2. The summed E-state index contributed by atoms with van der Waals surface area (Å²) in [6.45, 7) is 2.16. The highest BCUT2D eigenvalue weighted by molar-refractivity contribution is 9.10. The van der Waals surface area contributed by atoms with Crippen molar-refractivity contribution in [3.05, 3.63) is 63.6 Å². The Labute approximate surface area is 184 Å². The van der Waals surface area contributed by atoms with Crippen molar-refractivity contribution in [2.75, 3.05) is 12.8 Å². The Morgan fingerprint density at radius 2 is 1.93 bits per heavy atom. The van der Waals surface area contributed by atoms with Crippen LogP contribution in [0.25, 0.3) is 0 Å². The highest BCUT2D eigenvalue weighted by atomic mass is 79.9. The number of hydrogen-bond donors (Lipinski definition) is 1. The molecule has 0 radical (unpaired) electrons. The summed E-state index contributed by atoms with van der Waals surface area (Å²) in [7, 11) is 1.59. The fraction of sp³-hybridized carbons (Fsp3) is 0.333. The lowest BCUT2D eigenvalue weighted by atomic mass is 10.1. The number of amides is 2. The molecule has 28 heavy (non-hydrogen) atoms. The first-order valence-corrected chi connectivity index (χ1v) is 11.2. The van der Waals surface area contributed by atoms with Crippen LogP contribution in [-0.2, 0) is 16.1 Å². The van der Waals surface area contributed by atoms with Crippen molar-refractivity contribution in [2.24, 2.45) is 0 Å². The van der Waals surface area contributed by atoms with E-state index in [0.717, 1.165) is 27.1 Å². The summed E-state index contributed by atoms with van der Waals surface area (Å²) in [5.74, 6) is 0.638. The molecule has 2 aromatic rings. The van der Waals surface area contributed by atoms with Crippen LogP contribution in [0.5, 0.6) is 0 Å². The second-order valence-corrected chi connectivity index (χ2v) is 8.87. The molecule has 1 atom stereocenters. The van der Waals surface area contributed by atoms with Crippen molar-refractivity contribution in [2.45, 2.75) is 37.2 Å². The quantitative estimate of drug-likeness (QED) is 0.397. The second kappa shape index (κ2) is 11.5. The second-order valence-electron chi connectivity index (χ2n) is 6.35. The SMILES string of the molecule is CNC(=O)[C@@H](C)N(Cc1cccc(Br)c1)C(=O)CCCSc1ccc(Cl)cc1. The van der Waals surface area contributed by atoms with Crippen molar-refractivity contribution in [1.82, 2.24) is 10.2 Å². The monoisotopic (exact) mass is 482 g/mol. The Morgan fingerprint density at radius 1 is 1.21 bits per heavy atom. The number of likely N-dealkylation sites (N-methyl/N-ethyl adjacent to an activating group) is 1. The minimum atomic E-state index is -0.527. The van der Waals surface area contributed by atoms with Crippen LogP contribution in [0.15, 0.2) is 57.9 Å². The largest absolute Gasteiger partial charge is 0.357 e. The predicted octanol–water partition coefficient (Wildman–Crippen LogP) is 5.14. The summed E-state index contributed by atoms with van der Waals surface area (Å²) in [6.07, 6.45) is 1.14. The number of nitrogens with one attached hydrogen (secondary N) is 1. The van der Waals surface area contributed by atoms with E-state index in [1.165, 1.54) is 0 Å². The van der Waals surface area contributed by atoms with Crippen LogP contribution >= 0.6 is 39.3 Å². The number of nitrogens with zero attached hydrogens (tertiary/aromatic N) is 1. The number of halogens is 2. The third-order valence-electron chi connectivity index (χ3n) is 4.27. The van der Waals surface area contributed by atoms with Gasteiger partial charge in [-0.2, -0.15) is 0 Å². The average molecular weight is 484 g/mol. The standard InChI is InChI=1S/C21H24BrClN2O2S/c1-15(21(27)24-2)25(14-16-5-3-6-17(22)13-16)20(26)7-4-12-28-19-10-8-18(23)9-11-19/h3,5-6,8-11,13,15H,4,7,12,14H2,1-2H3,(H,24,27)/t15-/m1/s1. The number of rotatable bonds is 9. The topological polar surface area (TPSA) is 49.4 Å². The number of carbonyl (C=O) groups excluding carboxylic acids is 2. The zero-order valence-electron chi connectivity index (χ0n) is 16.0. The van der Waals surface area contributed by atoms with Gasteiger partial charge in [0.25, 0.3) is 0 Å². The molecule has 1 N–H and O–H groups in total. The first kappa shape index (κ1) is 22.8. The van der Waals surface area contributed by atoms with Gasteiger partial charge in [0.05, 0.1) is 0 Å². The van der Waals surface area contributed by atoms with E-state index < -0.39 is 6.04 Å². The molecule has 0 aliphatic carbocycles. The highest BCUT2D eigenvalue weighted by Gasteiger charge is 2.25. The first-order chi connectivity index (χ1) is 13.4. The fourth-order valence-electron chi connectivity index (χ4n) is 2.71. The molecular formula is C21H24BrClN2O2S. The van der Waals surface area contributed by atoms with Gasteiger partial charge < -0.3 is 10.2 Å². The molecule has 0 aliphatic rings. The molecule has 0 aliphatic heterocycles. The van der Waals surface area contributed by atoms with Gasteiger partial charge in [-0.15, -0.1) is 11.8 Å². The van der Waals surface area contributed by atoms with E-state index in [1.807, 2.05) is 48.5 Å². The summed E-state index contributed by atoms with van der Waals surface area (Å²) >= 11 is 11.0. The smallest absolute Gasteiger partial charge is 0.242 e. The zero-order valence-corrected chi connectivity index (χ0v) is 19.1. The van der Waals surface area contributed by atoms with Crippen LogP contribution in [0.4, 0.5) is 0 Å². The summed E-state index contributed by atoms with van der Waals surface area (Å²) < 4.78 is 0.948. The lowest BCUT2D eigenvalue weighted by Crippen LogP contribution is -2.46. The van der Waals surface area contributed by atoms with Crippen molar-refractivity contribution in [1.29, 1.82) is 0 Å². The van der Waals surface area contributed by atoms with E-state index in [2.05, 4.69) is 21.2 Å². The van der Waals surface area contributed by atoms with E-state index in [-0.39, 0.29) is 11.8 Å². The van der Waals surface area contributed by atoms with Gasteiger partial charge in [-0.05, 0) is 61.1 Å². The van der Waals surface area contributed by atoms with Crippen molar-refractivity contribution >= 4 is 51.1 Å². The predicted molar refractivity (Wildman–Crippen MR) is 120 cm³/mol. The number of benzene rings is 2. The highest BCUT2D eigenvalue weighted by Crippen LogP contribution is 2.22. The molecule has 7 heteroatoms. The number of thioether (sulfide) groups is 1. The van der Waals surface area contributed by atoms with E-state index in [9.17, 15) is 9.59 Å². The molecule has 0 saturated heterocycles. The molecule has 0 unspecified atom stereocenters. The molecule has 2 rings (SSSR count). The number of hydrogen-bond acceptors (Lipinski definition) is 3. The van der Waals surface area contributed by atoms with Gasteiger partial charge in [-0.3, -0.25) is 9.59 Å². The molecule has 0 saturated carbocycles. The van der Waals surface area contributed by atoms with Gasteiger partial charge in [0.1, 0.15) is 6.04 Å². The Bertz CT molecular complexity index is 801. The zero-order chi connectivity index (χ0) is 20.5. The maximum atomic E-state index is 12.9. The minimum Gasteiger partial charge on any atom is -0.357 e. The van der Waals surface area contributed by atoms with E-state index in [4.69, 9.17) is 11.6 Å².